The van der Waals surface area contributed by atoms with Crippen LogP contribution in [0.1, 0.15) is 25.5 Å². The van der Waals surface area contributed by atoms with Gasteiger partial charge in [0.25, 0.3) is 0 Å². The molecule has 29 heavy (non-hydrogen) atoms. The van der Waals surface area contributed by atoms with Crippen molar-refractivity contribution in [3.63, 3.8) is 0 Å². The number of β-amino-alcohol motifs (C(OH)–C–C–N with tert-alkyl or cyclic N) is 1. The zero-order chi connectivity index (χ0) is 20.2. The molecule has 5 nitrogen and oxygen atoms in total. The number of rotatable bonds is 7. The van der Waals surface area contributed by atoms with Crippen molar-refractivity contribution >= 4 is 5.65 Å². The van der Waals surface area contributed by atoms with Gasteiger partial charge in [-0.3, -0.25) is 0 Å². The summed E-state index contributed by atoms with van der Waals surface area (Å²) in [6.45, 7) is 6.83. The Hall–Kier alpha value is -2.21. The molecule has 154 valence electrons. The molecule has 0 saturated carbocycles. The third-order valence-electron chi connectivity index (χ3n) is 5.90. The van der Waals surface area contributed by atoms with Crippen LogP contribution in [0.5, 0.6) is 0 Å². The second kappa shape index (κ2) is 9.08. The summed E-state index contributed by atoms with van der Waals surface area (Å²) in [6.07, 6.45) is 4.29. The highest BCUT2D eigenvalue weighted by Crippen LogP contribution is 2.26. The molecule has 1 saturated heterocycles. The van der Waals surface area contributed by atoms with Crippen LogP contribution in [-0.4, -0.2) is 63.6 Å². The van der Waals surface area contributed by atoms with Crippen molar-refractivity contribution < 1.29 is 5.11 Å². The molecule has 1 atom stereocenters. The topological polar surface area (TPSA) is 44.0 Å². The number of piperidine rings is 1. The largest absolute Gasteiger partial charge is 0.392 e. The lowest BCUT2D eigenvalue weighted by Gasteiger charge is -2.34. The average Bonchev–Trinajstić information content (AvgIpc) is 3.08. The molecule has 4 rings (SSSR count). The maximum Gasteiger partial charge on any atom is 0.137 e. The Bertz CT molecular complexity index is 913. The number of nitrogens with zero attached hydrogens (tertiary/aromatic N) is 4. The van der Waals surface area contributed by atoms with Gasteiger partial charge in [-0.2, -0.15) is 0 Å². The van der Waals surface area contributed by atoms with Gasteiger partial charge >= 0.3 is 0 Å². The van der Waals surface area contributed by atoms with Gasteiger partial charge in [-0.1, -0.05) is 36.4 Å². The number of aliphatic hydroxyl groups is 1. The number of benzene rings is 1. The average molecular weight is 393 g/mol. The summed E-state index contributed by atoms with van der Waals surface area (Å²) in [6, 6.07) is 16.7. The number of hydrogen-bond acceptors (Lipinski definition) is 4. The molecule has 1 aliphatic rings. The summed E-state index contributed by atoms with van der Waals surface area (Å²) in [5.74, 6) is 0.713. The van der Waals surface area contributed by atoms with Crippen molar-refractivity contribution in [3.8, 4) is 11.3 Å². The molecular weight excluding hydrogens is 360 g/mol. The van der Waals surface area contributed by atoms with Crippen LogP contribution >= 0.6 is 0 Å². The quantitative estimate of drug-likeness (QED) is 0.668. The first-order valence-electron chi connectivity index (χ1n) is 10.7. The molecule has 1 aromatic carbocycles. The smallest absolute Gasteiger partial charge is 0.137 e. The first-order chi connectivity index (χ1) is 14.1. The number of aliphatic hydroxyl groups excluding tert-OH is 1. The maximum atomic E-state index is 9.61. The lowest BCUT2D eigenvalue weighted by molar-refractivity contribution is 0.0918. The van der Waals surface area contributed by atoms with E-state index >= 15 is 0 Å². The summed E-state index contributed by atoms with van der Waals surface area (Å²) in [5, 5.41) is 9.61. The number of pyridine rings is 1. The van der Waals surface area contributed by atoms with E-state index in [1.807, 2.05) is 13.0 Å². The van der Waals surface area contributed by atoms with Crippen molar-refractivity contribution in [1.29, 1.82) is 0 Å². The Morgan fingerprint density at radius 1 is 1.10 bits per heavy atom. The van der Waals surface area contributed by atoms with Crippen LogP contribution in [0.3, 0.4) is 0 Å². The van der Waals surface area contributed by atoms with Crippen molar-refractivity contribution in [2.45, 2.75) is 32.4 Å². The highest BCUT2D eigenvalue weighted by molar-refractivity contribution is 5.66. The Morgan fingerprint density at radius 2 is 1.83 bits per heavy atom. The van der Waals surface area contributed by atoms with Gasteiger partial charge in [0.05, 0.1) is 17.5 Å². The Labute approximate surface area is 173 Å². The standard InChI is InChI=1S/C24H32N4O/c1-19(29)16-27-14-11-20(12-15-27)17-26(2)18-22-24(21-8-4-3-5-9-21)25-23-10-6-7-13-28(22)23/h3-10,13,19-20,29H,11-12,14-18H2,1-2H3/t19-/m0/s1. The second-order valence-electron chi connectivity index (χ2n) is 8.49. The molecule has 0 bridgehead atoms. The van der Waals surface area contributed by atoms with Crippen LogP contribution < -0.4 is 0 Å². The molecule has 0 radical (unpaired) electrons. The summed E-state index contributed by atoms with van der Waals surface area (Å²) in [5.41, 5.74) is 4.50. The van der Waals surface area contributed by atoms with Gasteiger partial charge in [0.15, 0.2) is 0 Å². The molecular formula is C24H32N4O. The second-order valence-corrected chi connectivity index (χ2v) is 8.49. The minimum absolute atomic E-state index is 0.235. The number of aromatic nitrogens is 2. The molecule has 5 heteroatoms. The fraction of sp³-hybridized carbons (Fsp3) is 0.458. The summed E-state index contributed by atoms with van der Waals surface area (Å²) in [7, 11) is 2.22. The van der Waals surface area contributed by atoms with Crippen LogP contribution in [0.25, 0.3) is 16.9 Å². The van der Waals surface area contributed by atoms with E-state index in [1.54, 1.807) is 0 Å². The van der Waals surface area contributed by atoms with Crippen molar-refractivity contribution in [1.82, 2.24) is 19.2 Å². The SMILES string of the molecule is C[C@H](O)CN1CCC(CN(C)Cc2c(-c3ccccc3)nc3ccccn23)CC1. The van der Waals surface area contributed by atoms with E-state index in [-0.39, 0.29) is 6.10 Å². The first-order valence-corrected chi connectivity index (χ1v) is 10.7. The lowest BCUT2D eigenvalue weighted by Crippen LogP contribution is -2.40. The number of imidazole rings is 1. The van der Waals surface area contributed by atoms with Gasteiger partial charge in [-0.25, -0.2) is 4.98 Å². The number of likely N-dealkylation sites (tertiary alicyclic amines) is 1. The minimum Gasteiger partial charge on any atom is -0.392 e. The van der Waals surface area contributed by atoms with Gasteiger partial charge in [0.1, 0.15) is 5.65 Å². The molecule has 0 aliphatic carbocycles. The van der Waals surface area contributed by atoms with E-state index in [4.69, 9.17) is 4.98 Å². The van der Waals surface area contributed by atoms with Gasteiger partial charge in [0, 0.05) is 31.4 Å². The van der Waals surface area contributed by atoms with Gasteiger partial charge in [-0.15, -0.1) is 0 Å². The van der Waals surface area contributed by atoms with Crippen molar-refractivity contribution in [2.24, 2.45) is 5.92 Å². The third-order valence-corrected chi connectivity index (χ3v) is 5.90. The molecule has 0 unspecified atom stereocenters. The predicted octanol–water partition coefficient (Wildman–Crippen LogP) is 3.53. The fourth-order valence-corrected chi connectivity index (χ4v) is 4.51. The van der Waals surface area contributed by atoms with E-state index in [0.717, 1.165) is 44.1 Å². The van der Waals surface area contributed by atoms with Crippen molar-refractivity contribution in [3.05, 3.63) is 60.4 Å². The van der Waals surface area contributed by atoms with Crippen LogP contribution in [0.4, 0.5) is 0 Å². The Balaban J connectivity index is 1.46. The lowest BCUT2D eigenvalue weighted by atomic mass is 9.96. The number of hydrogen-bond donors (Lipinski definition) is 1. The molecule has 0 spiro atoms. The van der Waals surface area contributed by atoms with E-state index < -0.39 is 0 Å². The summed E-state index contributed by atoms with van der Waals surface area (Å²) < 4.78 is 2.23. The van der Waals surface area contributed by atoms with Gasteiger partial charge < -0.3 is 19.3 Å². The Morgan fingerprint density at radius 3 is 2.55 bits per heavy atom. The first kappa shape index (κ1) is 20.1. The Kier molecular flexibility index (Phi) is 6.28. The van der Waals surface area contributed by atoms with Crippen LogP contribution in [0.2, 0.25) is 0 Å². The molecule has 2 aromatic heterocycles. The monoisotopic (exact) mass is 392 g/mol. The van der Waals surface area contributed by atoms with Crippen LogP contribution in [0.15, 0.2) is 54.7 Å². The minimum atomic E-state index is -0.235. The van der Waals surface area contributed by atoms with E-state index in [1.165, 1.54) is 24.1 Å². The fourth-order valence-electron chi connectivity index (χ4n) is 4.51. The molecule has 3 heterocycles. The van der Waals surface area contributed by atoms with Crippen molar-refractivity contribution in [2.75, 3.05) is 33.2 Å². The molecule has 1 N–H and O–H groups in total. The predicted molar refractivity (Wildman–Crippen MR) is 118 cm³/mol. The molecule has 1 aliphatic heterocycles. The van der Waals surface area contributed by atoms with E-state index in [2.05, 4.69) is 69.9 Å². The zero-order valence-electron chi connectivity index (χ0n) is 17.5. The molecule has 3 aromatic rings. The summed E-state index contributed by atoms with van der Waals surface area (Å²) in [4.78, 5) is 9.76. The van der Waals surface area contributed by atoms with E-state index in [9.17, 15) is 5.11 Å². The highest BCUT2D eigenvalue weighted by Gasteiger charge is 2.22. The highest BCUT2D eigenvalue weighted by atomic mass is 16.3. The normalized spacial score (nSPS) is 17.2. The van der Waals surface area contributed by atoms with E-state index in [0.29, 0.717) is 5.92 Å². The molecule has 1 fully saturated rings. The third kappa shape index (κ3) is 4.86. The zero-order valence-corrected chi connectivity index (χ0v) is 17.5. The van der Waals surface area contributed by atoms with Gasteiger partial charge in [-0.05, 0) is 58.0 Å². The van der Waals surface area contributed by atoms with Gasteiger partial charge in [0.2, 0.25) is 0 Å². The van der Waals surface area contributed by atoms with Crippen LogP contribution in [0, 0.1) is 5.92 Å². The molecule has 0 amide bonds. The van der Waals surface area contributed by atoms with Crippen LogP contribution in [-0.2, 0) is 6.54 Å². The summed E-state index contributed by atoms with van der Waals surface area (Å²) >= 11 is 0. The number of fused-ring (bicyclic) bond motifs is 1. The maximum absolute atomic E-state index is 9.61.